The molecule has 0 heterocycles. The van der Waals surface area contributed by atoms with Gasteiger partial charge < -0.3 is 9.84 Å². The maximum absolute atomic E-state index is 11.8. The zero-order chi connectivity index (χ0) is 26.9. The minimum Gasteiger partial charge on any atom is -0.462 e. The predicted molar refractivity (Wildman–Crippen MR) is 148 cm³/mol. The number of esters is 1. The Bertz CT molecular complexity index is 883. The summed E-state index contributed by atoms with van der Waals surface area (Å²) >= 11 is 0. The third-order valence-corrected chi connectivity index (χ3v) is 13.2. The SMILES string of the molecule is CC(=O)O[C@@H]1CC[C@]2(C)C3=CC[C@]4(C)[C@@H]([C@H](C)CC[C@@](C)(O)C(C)C)CC[C@@]4(C)[C@@H]3CC[C@H]2C1(C)C. The Labute approximate surface area is 222 Å². The summed E-state index contributed by atoms with van der Waals surface area (Å²) in [5.41, 5.74) is 2.09. The van der Waals surface area contributed by atoms with Crippen LogP contribution in [0.1, 0.15) is 127 Å². The molecule has 0 amide bonds. The highest BCUT2D eigenvalue weighted by molar-refractivity contribution is 5.66. The van der Waals surface area contributed by atoms with Crippen molar-refractivity contribution < 1.29 is 14.6 Å². The highest BCUT2D eigenvalue weighted by atomic mass is 16.5. The standard InChI is InChI=1S/C33H56O3/c1-21(2)33(10,35)20-13-22(3)24-14-18-32(9)26-11-12-27-29(5,6)28(36-23(4)34)16-17-30(27,7)25(26)15-19-31(24,32)8/h15,21-22,24,26-28,35H,11-14,16-20H2,1-10H3/t22-,24-,26-,27+,28-,30-,31-,32+,33-/m1/s1. The van der Waals surface area contributed by atoms with Crippen LogP contribution < -0.4 is 0 Å². The molecule has 0 aliphatic heterocycles. The fourth-order valence-electron chi connectivity index (χ4n) is 10.1. The summed E-state index contributed by atoms with van der Waals surface area (Å²) in [6.45, 7) is 22.9. The molecule has 3 heteroatoms. The van der Waals surface area contributed by atoms with Gasteiger partial charge in [-0.05, 0) is 111 Å². The van der Waals surface area contributed by atoms with Gasteiger partial charge in [0.25, 0.3) is 0 Å². The Morgan fingerprint density at radius 3 is 2.33 bits per heavy atom. The van der Waals surface area contributed by atoms with Gasteiger partial charge >= 0.3 is 5.97 Å². The summed E-state index contributed by atoms with van der Waals surface area (Å²) in [6.07, 6.45) is 13.3. The minimum absolute atomic E-state index is 0.00617. The lowest BCUT2D eigenvalue weighted by Gasteiger charge is -2.64. The van der Waals surface area contributed by atoms with E-state index in [4.69, 9.17) is 4.74 Å². The lowest BCUT2D eigenvalue weighted by atomic mass is 9.41. The zero-order valence-electron chi connectivity index (χ0n) is 25.2. The van der Waals surface area contributed by atoms with E-state index in [-0.39, 0.29) is 22.9 Å². The molecular weight excluding hydrogens is 444 g/mol. The molecule has 3 nitrogen and oxygen atoms in total. The summed E-state index contributed by atoms with van der Waals surface area (Å²) in [5.74, 6) is 2.77. The van der Waals surface area contributed by atoms with Crippen molar-refractivity contribution in [3.8, 4) is 0 Å². The summed E-state index contributed by atoms with van der Waals surface area (Å²) in [4.78, 5) is 11.8. The molecule has 0 aromatic rings. The molecule has 0 aromatic heterocycles. The van der Waals surface area contributed by atoms with E-state index in [0.29, 0.717) is 34.5 Å². The quantitative estimate of drug-likeness (QED) is 0.294. The number of hydrogen-bond acceptors (Lipinski definition) is 3. The Kier molecular flexibility index (Phi) is 7.15. The Balaban J connectivity index is 1.59. The van der Waals surface area contributed by atoms with Crippen LogP contribution in [0.4, 0.5) is 0 Å². The smallest absolute Gasteiger partial charge is 0.302 e. The highest BCUT2D eigenvalue weighted by Gasteiger charge is 2.65. The van der Waals surface area contributed by atoms with Crippen LogP contribution in [-0.2, 0) is 9.53 Å². The van der Waals surface area contributed by atoms with Crippen molar-refractivity contribution in [2.75, 3.05) is 0 Å². The van der Waals surface area contributed by atoms with E-state index >= 15 is 0 Å². The Morgan fingerprint density at radius 2 is 1.72 bits per heavy atom. The lowest BCUT2D eigenvalue weighted by Crippen LogP contribution is -2.58. The molecular formula is C33H56O3. The van der Waals surface area contributed by atoms with Crippen molar-refractivity contribution in [2.24, 2.45) is 51.2 Å². The van der Waals surface area contributed by atoms with Crippen LogP contribution in [0, 0.1) is 51.2 Å². The molecule has 4 aliphatic carbocycles. The van der Waals surface area contributed by atoms with Gasteiger partial charge in [0.15, 0.2) is 0 Å². The van der Waals surface area contributed by atoms with Crippen LogP contribution in [0.2, 0.25) is 0 Å². The Morgan fingerprint density at radius 1 is 1.06 bits per heavy atom. The van der Waals surface area contributed by atoms with Crippen LogP contribution >= 0.6 is 0 Å². The van der Waals surface area contributed by atoms with E-state index < -0.39 is 5.60 Å². The first-order chi connectivity index (χ1) is 16.5. The number of aliphatic hydroxyl groups is 1. The van der Waals surface area contributed by atoms with Crippen molar-refractivity contribution in [1.29, 1.82) is 0 Å². The molecule has 3 saturated carbocycles. The number of carbonyl (C=O) groups excluding carboxylic acids is 1. The van der Waals surface area contributed by atoms with Gasteiger partial charge in [0, 0.05) is 12.3 Å². The first-order valence-electron chi connectivity index (χ1n) is 15.1. The van der Waals surface area contributed by atoms with Crippen molar-refractivity contribution in [1.82, 2.24) is 0 Å². The van der Waals surface area contributed by atoms with Crippen molar-refractivity contribution in [3.05, 3.63) is 11.6 Å². The van der Waals surface area contributed by atoms with Gasteiger partial charge in [-0.25, -0.2) is 0 Å². The molecule has 0 bridgehead atoms. The van der Waals surface area contributed by atoms with Crippen LogP contribution in [0.5, 0.6) is 0 Å². The van der Waals surface area contributed by atoms with Gasteiger partial charge in [-0.1, -0.05) is 67.0 Å². The lowest BCUT2D eigenvalue weighted by molar-refractivity contribution is -0.170. The molecule has 0 spiro atoms. The Hall–Kier alpha value is -0.830. The minimum atomic E-state index is -0.568. The summed E-state index contributed by atoms with van der Waals surface area (Å²) < 4.78 is 5.87. The number of carbonyl (C=O) groups is 1. The second-order valence-electron chi connectivity index (χ2n) is 15.4. The van der Waals surface area contributed by atoms with Crippen molar-refractivity contribution >= 4 is 5.97 Å². The van der Waals surface area contributed by atoms with E-state index in [2.05, 4.69) is 61.5 Å². The molecule has 0 aromatic carbocycles. The van der Waals surface area contributed by atoms with Crippen LogP contribution in [-0.4, -0.2) is 22.8 Å². The van der Waals surface area contributed by atoms with E-state index in [1.54, 1.807) is 12.5 Å². The zero-order valence-corrected chi connectivity index (χ0v) is 25.2. The third kappa shape index (κ3) is 4.13. The van der Waals surface area contributed by atoms with Gasteiger partial charge in [-0.2, -0.15) is 0 Å². The van der Waals surface area contributed by atoms with Crippen LogP contribution in [0.3, 0.4) is 0 Å². The normalized spacial score (nSPS) is 44.1. The fraction of sp³-hybridized carbons (Fsp3) is 0.909. The highest BCUT2D eigenvalue weighted by Crippen LogP contribution is 2.73. The van der Waals surface area contributed by atoms with Gasteiger partial charge in [0.1, 0.15) is 6.10 Å². The first-order valence-corrected chi connectivity index (χ1v) is 15.1. The molecule has 0 radical (unpaired) electrons. The molecule has 3 fully saturated rings. The average Bonchev–Trinajstić information content (AvgIpc) is 3.05. The first kappa shape index (κ1) is 28.2. The van der Waals surface area contributed by atoms with Gasteiger partial charge in [0.05, 0.1) is 5.60 Å². The third-order valence-electron chi connectivity index (χ3n) is 13.2. The molecule has 9 atom stereocenters. The number of ether oxygens (including phenoxy) is 1. The summed E-state index contributed by atoms with van der Waals surface area (Å²) in [5, 5.41) is 10.9. The summed E-state index contributed by atoms with van der Waals surface area (Å²) in [7, 11) is 0. The molecule has 0 unspecified atom stereocenters. The molecule has 206 valence electrons. The van der Waals surface area contributed by atoms with Gasteiger partial charge in [-0.3, -0.25) is 4.79 Å². The van der Waals surface area contributed by atoms with E-state index in [1.165, 1.54) is 32.1 Å². The monoisotopic (exact) mass is 500 g/mol. The summed E-state index contributed by atoms with van der Waals surface area (Å²) in [6, 6.07) is 0. The average molecular weight is 501 g/mol. The number of hydrogen-bond donors (Lipinski definition) is 1. The van der Waals surface area contributed by atoms with Gasteiger partial charge in [0.2, 0.25) is 0 Å². The van der Waals surface area contributed by atoms with Crippen molar-refractivity contribution in [3.63, 3.8) is 0 Å². The number of fused-ring (bicyclic) bond motifs is 5. The molecule has 0 saturated heterocycles. The van der Waals surface area contributed by atoms with E-state index in [0.717, 1.165) is 31.6 Å². The maximum atomic E-state index is 11.8. The second kappa shape index (κ2) is 9.13. The molecule has 4 rings (SSSR count). The topological polar surface area (TPSA) is 46.5 Å². The number of rotatable bonds is 6. The van der Waals surface area contributed by atoms with Crippen LogP contribution in [0.25, 0.3) is 0 Å². The maximum Gasteiger partial charge on any atom is 0.302 e. The largest absolute Gasteiger partial charge is 0.462 e. The second-order valence-corrected chi connectivity index (χ2v) is 15.4. The molecule has 36 heavy (non-hydrogen) atoms. The number of allylic oxidation sites excluding steroid dienone is 2. The molecule has 4 aliphatic rings. The van der Waals surface area contributed by atoms with Crippen LogP contribution in [0.15, 0.2) is 11.6 Å². The predicted octanol–water partition coefficient (Wildman–Crippen LogP) is 8.35. The van der Waals surface area contributed by atoms with E-state index in [1.807, 2.05) is 6.92 Å². The molecule has 1 N–H and O–H groups in total. The van der Waals surface area contributed by atoms with E-state index in [9.17, 15) is 9.90 Å². The van der Waals surface area contributed by atoms with Crippen molar-refractivity contribution in [2.45, 2.75) is 139 Å². The van der Waals surface area contributed by atoms with Gasteiger partial charge in [-0.15, -0.1) is 0 Å². The fourth-order valence-corrected chi connectivity index (χ4v) is 10.1.